The third-order valence-electron chi connectivity index (χ3n) is 3.11. The van der Waals surface area contributed by atoms with E-state index in [0.717, 1.165) is 13.1 Å². The maximum absolute atomic E-state index is 11.1. The number of hydrogen-bond acceptors (Lipinski definition) is 3. The van der Waals surface area contributed by atoms with Crippen LogP contribution in [0.3, 0.4) is 0 Å². The van der Waals surface area contributed by atoms with Gasteiger partial charge in [0.25, 0.3) is 0 Å². The van der Waals surface area contributed by atoms with E-state index in [1.165, 1.54) is 0 Å². The Morgan fingerprint density at radius 1 is 1.64 bits per heavy atom. The zero-order valence-corrected chi connectivity index (χ0v) is 11.0. The van der Waals surface area contributed by atoms with Crippen molar-refractivity contribution in [2.75, 3.05) is 13.1 Å². The molecule has 1 aliphatic heterocycles. The van der Waals surface area contributed by atoms with E-state index < -0.39 is 0 Å². The summed E-state index contributed by atoms with van der Waals surface area (Å²) in [7, 11) is 0. The van der Waals surface area contributed by atoms with Gasteiger partial charge in [-0.25, -0.2) is 3.11 Å². The second kappa shape index (κ2) is 4.32. The third-order valence-corrected chi connectivity index (χ3v) is 3.89. The Bertz CT molecular complexity index is 222. The van der Waals surface area contributed by atoms with Gasteiger partial charge in [0.2, 0.25) is 5.91 Å². The number of hydrogen-bond donors (Lipinski definition) is 2. The van der Waals surface area contributed by atoms with E-state index in [4.69, 9.17) is 5.73 Å². The zero-order valence-electron chi connectivity index (χ0n) is 8.88. The molecule has 0 spiro atoms. The fourth-order valence-electron chi connectivity index (χ4n) is 1.93. The predicted octanol–water partition coefficient (Wildman–Crippen LogP) is 0.510. The molecule has 1 aliphatic rings. The fourth-order valence-corrected chi connectivity index (χ4v) is 2.94. The van der Waals surface area contributed by atoms with Gasteiger partial charge in [-0.2, -0.15) is 0 Å². The van der Waals surface area contributed by atoms with Crippen molar-refractivity contribution in [1.29, 1.82) is 0 Å². The molecule has 1 rings (SSSR count). The molecule has 3 atom stereocenters. The molecular formula is C9H18IN3O. The van der Waals surface area contributed by atoms with E-state index in [0.29, 0.717) is 5.92 Å². The Labute approximate surface area is 99.1 Å². The summed E-state index contributed by atoms with van der Waals surface area (Å²) < 4.78 is 2.18. The average Bonchev–Trinajstić information content (AvgIpc) is 1.99. The molecule has 3 N–H and O–H groups in total. The van der Waals surface area contributed by atoms with Crippen LogP contribution in [0.1, 0.15) is 20.8 Å². The van der Waals surface area contributed by atoms with Crippen LogP contribution in [0.2, 0.25) is 0 Å². The predicted molar refractivity (Wildman–Crippen MR) is 65.0 cm³/mol. The SMILES string of the molecule is CC(=O)N[C@@]1(C)[C@H](N)CN(I)C[C@@H]1C. The minimum absolute atomic E-state index is 0.00305. The molecule has 0 unspecified atom stereocenters. The van der Waals surface area contributed by atoms with Crippen LogP contribution in [-0.4, -0.2) is 33.7 Å². The highest BCUT2D eigenvalue weighted by atomic mass is 127. The van der Waals surface area contributed by atoms with Gasteiger partial charge in [0.1, 0.15) is 0 Å². The zero-order chi connectivity index (χ0) is 10.9. The van der Waals surface area contributed by atoms with Gasteiger partial charge in [0, 0.05) is 48.9 Å². The molecule has 0 saturated carbocycles. The molecule has 82 valence electrons. The van der Waals surface area contributed by atoms with Crippen molar-refractivity contribution >= 4 is 28.8 Å². The monoisotopic (exact) mass is 311 g/mol. The molecule has 1 saturated heterocycles. The Morgan fingerprint density at radius 3 is 2.64 bits per heavy atom. The van der Waals surface area contributed by atoms with Crippen LogP contribution in [0, 0.1) is 5.92 Å². The molecule has 14 heavy (non-hydrogen) atoms. The molecule has 0 bridgehead atoms. The van der Waals surface area contributed by atoms with Crippen LogP contribution < -0.4 is 11.1 Å². The smallest absolute Gasteiger partial charge is 0.217 e. The van der Waals surface area contributed by atoms with Gasteiger partial charge in [-0.3, -0.25) is 4.79 Å². The summed E-state index contributed by atoms with van der Waals surface area (Å²) in [6, 6.07) is -0.00736. The van der Waals surface area contributed by atoms with Gasteiger partial charge >= 0.3 is 0 Å². The highest BCUT2D eigenvalue weighted by molar-refractivity contribution is 14.1. The number of nitrogens with two attached hydrogens (primary N) is 1. The average molecular weight is 311 g/mol. The van der Waals surface area contributed by atoms with Gasteiger partial charge in [-0.05, 0) is 12.8 Å². The van der Waals surface area contributed by atoms with Crippen LogP contribution >= 0.6 is 22.9 Å². The van der Waals surface area contributed by atoms with Crippen molar-refractivity contribution in [2.24, 2.45) is 11.7 Å². The molecule has 1 fully saturated rings. The molecule has 0 aliphatic carbocycles. The van der Waals surface area contributed by atoms with Crippen molar-refractivity contribution < 1.29 is 4.79 Å². The fraction of sp³-hybridized carbons (Fsp3) is 0.889. The number of halogens is 1. The first-order chi connectivity index (χ1) is 6.36. The number of rotatable bonds is 1. The molecule has 0 aromatic carbocycles. The van der Waals surface area contributed by atoms with Crippen LogP contribution in [0.5, 0.6) is 0 Å². The lowest BCUT2D eigenvalue weighted by molar-refractivity contribution is -0.122. The van der Waals surface area contributed by atoms with Gasteiger partial charge in [0.15, 0.2) is 0 Å². The van der Waals surface area contributed by atoms with Gasteiger partial charge < -0.3 is 11.1 Å². The minimum Gasteiger partial charge on any atom is -0.349 e. The Hall–Kier alpha value is 0.120. The number of carbonyl (C=O) groups is 1. The molecule has 1 amide bonds. The molecule has 1 heterocycles. The van der Waals surface area contributed by atoms with E-state index in [-0.39, 0.29) is 17.5 Å². The lowest BCUT2D eigenvalue weighted by Gasteiger charge is -2.47. The van der Waals surface area contributed by atoms with Crippen LogP contribution in [0.4, 0.5) is 0 Å². The molecular weight excluding hydrogens is 293 g/mol. The van der Waals surface area contributed by atoms with Crippen molar-refractivity contribution in [1.82, 2.24) is 8.43 Å². The second-order valence-electron chi connectivity index (χ2n) is 4.30. The topological polar surface area (TPSA) is 58.4 Å². The Morgan fingerprint density at radius 2 is 2.21 bits per heavy atom. The highest BCUT2D eigenvalue weighted by Crippen LogP contribution is 2.28. The summed E-state index contributed by atoms with van der Waals surface area (Å²) in [6.07, 6.45) is 0. The molecule has 5 heteroatoms. The number of nitrogens with zero attached hydrogens (tertiary/aromatic N) is 1. The maximum atomic E-state index is 11.1. The van der Waals surface area contributed by atoms with Crippen molar-refractivity contribution in [3.05, 3.63) is 0 Å². The Balaban J connectivity index is 2.78. The van der Waals surface area contributed by atoms with Crippen LogP contribution in [0.15, 0.2) is 0 Å². The lowest BCUT2D eigenvalue weighted by atomic mass is 9.78. The van der Waals surface area contributed by atoms with E-state index in [9.17, 15) is 4.79 Å². The number of piperidine rings is 1. The van der Waals surface area contributed by atoms with Crippen molar-refractivity contribution in [3.63, 3.8) is 0 Å². The quantitative estimate of drug-likeness (QED) is 0.548. The summed E-state index contributed by atoms with van der Waals surface area (Å²) in [5, 5.41) is 2.98. The van der Waals surface area contributed by atoms with E-state index in [2.05, 4.69) is 38.2 Å². The molecule has 0 radical (unpaired) electrons. The normalized spacial score (nSPS) is 39.5. The minimum atomic E-state index is -0.270. The summed E-state index contributed by atoms with van der Waals surface area (Å²) in [5.41, 5.74) is 5.81. The van der Waals surface area contributed by atoms with Crippen LogP contribution in [0.25, 0.3) is 0 Å². The Kier molecular flexibility index (Phi) is 3.76. The standard InChI is InChI=1S/C9H18IN3O/c1-6-4-13(10)5-8(11)9(6,3)12-7(2)14/h6,8H,4-5,11H2,1-3H3,(H,12,14)/t6-,8+,9+/m0/s1. The second-order valence-corrected chi connectivity index (χ2v) is 5.66. The highest BCUT2D eigenvalue weighted by Gasteiger charge is 2.42. The summed E-state index contributed by atoms with van der Waals surface area (Å²) in [5.74, 6) is 0.365. The summed E-state index contributed by atoms with van der Waals surface area (Å²) in [6.45, 7) is 7.49. The van der Waals surface area contributed by atoms with Gasteiger partial charge in [0.05, 0.1) is 5.54 Å². The van der Waals surface area contributed by atoms with Crippen LogP contribution in [-0.2, 0) is 4.79 Å². The maximum Gasteiger partial charge on any atom is 0.217 e. The first-order valence-corrected chi connectivity index (χ1v) is 5.78. The van der Waals surface area contributed by atoms with E-state index >= 15 is 0 Å². The van der Waals surface area contributed by atoms with Gasteiger partial charge in [-0.15, -0.1) is 0 Å². The van der Waals surface area contributed by atoms with Crippen molar-refractivity contribution in [2.45, 2.75) is 32.4 Å². The van der Waals surface area contributed by atoms with E-state index in [1.807, 2.05) is 6.92 Å². The summed E-state index contributed by atoms with van der Waals surface area (Å²) >= 11 is 2.28. The summed E-state index contributed by atoms with van der Waals surface area (Å²) in [4.78, 5) is 11.1. The molecule has 0 aromatic heterocycles. The van der Waals surface area contributed by atoms with Crippen molar-refractivity contribution in [3.8, 4) is 0 Å². The van der Waals surface area contributed by atoms with Gasteiger partial charge in [-0.1, -0.05) is 6.92 Å². The first-order valence-electron chi connectivity index (χ1n) is 4.81. The lowest BCUT2D eigenvalue weighted by Crippen LogP contribution is -2.68. The molecule has 4 nitrogen and oxygen atoms in total. The largest absolute Gasteiger partial charge is 0.349 e. The molecule has 0 aromatic rings. The number of carbonyl (C=O) groups excluding carboxylic acids is 1. The number of amides is 1. The van der Waals surface area contributed by atoms with E-state index in [1.54, 1.807) is 6.92 Å². The number of nitrogens with one attached hydrogen (secondary N) is 1. The third kappa shape index (κ3) is 2.38. The first kappa shape index (κ1) is 12.2.